The van der Waals surface area contributed by atoms with E-state index < -0.39 is 0 Å². The Morgan fingerprint density at radius 2 is 1.81 bits per heavy atom. The minimum atomic E-state index is -0.00140. The third-order valence-corrected chi connectivity index (χ3v) is 1.98. The Balaban J connectivity index is 3.12. The lowest BCUT2D eigenvalue weighted by Crippen LogP contribution is -2.29. The van der Waals surface area contributed by atoms with Gasteiger partial charge >= 0.3 is 0 Å². The highest BCUT2D eigenvalue weighted by Crippen LogP contribution is 1.91. The number of nitrogens with two attached hydrogens (primary N) is 1. The Bertz CT molecular complexity index is 135. The number of hydrogen-bond acceptors (Lipinski definition) is 5. The maximum atomic E-state index is 5.50. The molecule has 0 amide bonds. The lowest BCUT2D eigenvalue weighted by molar-refractivity contribution is -0.0246. The van der Waals surface area contributed by atoms with Crippen LogP contribution in [0.3, 0.4) is 0 Å². The molecule has 16 heavy (non-hydrogen) atoms. The second-order valence-corrected chi connectivity index (χ2v) is 3.35. The van der Waals surface area contributed by atoms with Gasteiger partial charge in [-0.1, -0.05) is 0 Å². The topological polar surface area (TPSA) is 62.9 Å². The zero-order chi connectivity index (χ0) is 12.1. The molecule has 0 aliphatic rings. The van der Waals surface area contributed by atoms with Crippen molar-refractivity contribution in [1.29, 1.82) is 0 Å². The highest BCUT2D eigenvalue weighted by molar-refractivity contribution is 4.55. The van der Waals surface area contributed by atoms with Gasteiger partial charge in [-0.05, 0) is 13.3 Å². The molecule has 5 nitrogen and oxygen atoms in total. The van der Waals surface area contributed by atoms with Gasteiger partial charge in [-0.15, -0.1) is 0 Å². The molecule has 0 heterocycles. The molecule has 0 saturated heterocycles. The summed E-state index contributed by atoms with van der Waals surface area (Å²) in [6, 6.07) is 0. The predicted octanol–water partition coefficient (Wildman–Crippen LogP) is 0.420. The molecule has 1 unspecified atom stereocenters. The van der Waals surface area contributed by atoms with E-state index in [0.29, 0.717) is 39.6 Å². The molecule has 0 aliphatic heterocycles. The fraction of sp³-hybridized carbons (Fsp3) is 1.00. The molecule has 0 spiro atoms. The Morgan fingerprint density at radius 3 is 2.44 bits per heavy atom. The van der Waals surface area contributed by atoms with Crippen molar-refractivity contribution >= 4 is 0 Å². The molecule has 0 aliphatic carbocycles. The van der Waals surface area contributed by atoms with Crippen LogP contribution in [0.5, 0.6) is 0 Å². The van der Waals surface area contributed by atoms with Gasteiger partial charge in [-0.25, -0.2) is 0 Å². The first-order valence-corrected chi connectivity index (χ1v) is 5.81. The average molecular weight is 235 g/mol. The van der Waals surface area contributed by atoms with Gasteiger partial charge in [0.25, 0.3) is 0 Å². The van der Waals surface area contributed by atoms with Crippen LogP contribution in [0.4, 0.5) is 0 Å². The van der Waals surface area contributed by atoms with Crippen LogP contribution < -0.4 is 5.73 Å². The lowest BCUT2D eigenvalue weighted by atomic mass is 10.4. The third kappa shape index (κ3) is 10.3. The number of rotatable bonds is 12. The van der Waals surface area contributed by atoms with Crippen molar-refractivity contribution in [2.45, 2.75) is 19.4 Å². The van der Waals surface area contributed by atoms with Crippen LogP contribution in [0.1, 0.15) is 13.3 Å². The molecule has 0 bridgehead atoms. The van der Waals surface area contributed by atoms with Crippen LogP contribution >= 0.6 is 0 Å². The Kier molecular flexibility index (Phi) is 12.7. The van der Waals surface area contributed by atoms with Crippen LogP contribution in [0.2, 0.25) is 0 Å². The maximum absolute atomic E-state index is 5.50. The van der Waals surface area contributed by atoms with Crippen LogP contribution in [0, 0.1) is 0 Å². The molecule has 1 atom stereocenters. The van der Waals surface area contributed by atoms with Crippen molar-refractivity contribution in [3.8, 4) is 0 Å². The summed E-state index contributed by atoms with van der Waals surface area (Å²) in [6.45, 7) is 6.27. The monoisotopic (exact) mass is 235 g/mol. The number of ether oxygens (including phenoxy) is 4. The van der Waals surface area contributed by atoms with E-state index in [0.717, 1.165) is 13.0 Å². The van der Waals surface area contributed by atoms with E-state index in [-0.39, 0.29) is 6.10 Å². The molecule has 0 radical (unpaired) electrons. The summed E-state index contributed by atoms with van der Waals surface area (Å²) >= 11 is 0. The second-order valence-electron chi connectivity index (χ2n) is 3.35. The van der Waals surface area contributed by atoms with E-state index >= 15 is 0 Å². The van der Waals surface area contributed by atoms with Crippen molar-refractivity contribution in [3.05, 3.63) is 0 Å². The average Bonchev–Trinajstić information content (AvgIpc) is 2.31. The zero-order valence-corrected chi connectivity index (χ0v) is 10.4. The fourth-order valence-corrected chi connectivity index (χ4v) is 1.16. The first-order chi connectivity index (χ1) is 7.85. The first-order valence-electron chi connectivity index (χ1n) is 5.81. The maximum Gasteiger partial charge on any atom is 0.0930 e. The predicted molar refractivity (Wildman–Crippen MR) is 62.6 cm³/mol. The summed E-state index contributed by atoms with van der Waals surface area (Å²) in [4.78, 5) is 0. The molecule has 2 N–H and O–H groups in total. The Morgan fingerprint density at radius 1 is 1.06 bits per heavy atom. The minimum Gasteiger partial charge on any atom is -0.385 e. The molecule has 0 aromatic carbocycles. The summed E-state index contributed by atoms with van der Waals surface area (Å²) < 4.78 is 21.0. The van der Waals surface area contributed by atoms with Gasteiger partial charge in [0.2, 0.25) is 0 Å². The molecule has 0 aromatic rings. The largest absolute Gasteiger partial charge is 0.385 e. The minimum absolute atomic E-state index is 0.00140. The molecule has 0 aromatic heterocycles. The van der Waals surface area contributed by atoms with Crippen molar-refractivity contribution in [2.24, 2.45) is 5.73 Å². The van der Waals surface area contributed by atoms with E-state index in [9.17, 15) is 0 Å². The molecule has 98 valence electrons. The lowest BCUT2D eigenvalue weighted by Gasteiger charge is -2.14. The molecular weight excluding hydrogens is 210 g/mol. The van der Waals surface area contributed by atoms with E-state index in [1.54, 1.807) is 7.11 Å². The van der Waals surface area contributed by atoms with Gasteiger partial charge in [0, 0.05) is 33.5 Å². The summed E-state index contributed by atoms with van der Waals surface area (Å²) in [5.74, 6) is 0. The number of methoxy groups -OCH3 is 1. The standard InChI is InChI=1S/C11H25NO4/c1-3-16-11(9-12)10-15-8-7-14-6-4-5-13-2/h11H,3-10,12H2,1-2H3. The normalized spacial score (nSPS) is 12.9. The van der Waals surface area contributed by atoms with Crippen molar-refractivity contribution < 1.29 is 18.9 Å². The molecule has 0 fully saturated rings. The second kappa shape index (κ2) is 12.9. The summed E-state index contributed by atoms with van der Waals surface area (Å²) in [7, 11) is 1.68. The van der Waals surface area contributed by atoms with Gasteiger partial charge in [0.05, 0.1) is 25.9 Å². The molecule has 5 heteroatoms. The Hall–Kier alpha value is -0.200. The van der Waals surface area contributed by atoms with Crippen LogP contribution in [0.25, 0.3) is 0 Å². The highest BCUT2D eigenvalue weighted by atomic mass is 16.5. The fourth-order valence-electron chi connectivity index (χ4n) is 1.16. The highest BCUT2D eigenvalue weighted by Gasteiger charge is 2.04. The van der Waals surface area contributed by atoms with Gasteiger partial charge in [0.15, 0.2) is 0 Å². The molecule has 0 rings (SSSR count). The first kappa shape index (κ1) is 15.8. The number of hydrogen-bond donors (Lipinski definition) is 1. The van der Waals surface area contributed by atoms with Crippen molar-refractivity contribution in [2.75, 3.05) is 53.3 Å². The van der Waals surface area contributed by atoms with Crippen LogP contribution in [-0.4, -0.2) is 59.4 Å². The SMILES string of the molecule is CCOC(CN)COCCOCCCOC. The molecular formula is C11H25NO4. The zero-order valence-electron chi connectivity index (χ0n) is 10.4. The van der Waals surface area contributed by atoms with Gasteiger partial charge in [-0.2, -0.15) is 0 Å². The Labute approximate surface area is 98.2 Å². The van der Waals surface area contributed by atoms with Crippen molar-refractivity contribution in [1.82, 2.24) is 0 Å². The van der Waals surface area contributed by atoms with Crippen LogP contribution in [0.15, 0.2) is 0 Å². The van der Waals surface area contributed by atoms with E-state index in [2.05, 4.69) is 0 Å². The van der Waals surface area contributed by atoms with Gasteiger partial charge < -0.3 is 24.7 Å². The summed E-state index contributed by atoms with van der Waals surface area (Å²) in [5, 5.41) is 0. The van der Waals surface area contributed by atoms with E-state index in [4.69, 9.17) is 24.7 Å². The van der Waals surface area contributed by atoms with E-state index in [1.807, 2.05) is 6.92 Å². The van der Waals surface area contributed by atoms with Gasteiger partial charge in [-0.3, -0.25) is 0 Å². The van der Waals surface area contributed by atoms with E-state index in [1.165, 1.54) is 0 Å². The van der Waals surface area contributed by atoms with Crippen LogP contribution in [-0.2, 0) is 18.9 Å². The van der Waals surface area contributed by atoms with Gasteiger partial charge in [0.1, 0.15) is 0 Å². The smallest absolute Gasteiger partial charge is 0.0930 e. The summed E-state index contributed by atoms with van der Waals surface area (Å²) in [6.07, 6.45) is 0.916. The van der Waals surface area contributed by atoms with Crippen molar-refractivity contribution in [3.63, 3.8) is 0 Å². The molecule has 0 saturated carbocycles. The third-order valence-electron chi connectivity index (χ3n) is 1.98. The summed E-state index contributed by atoms with van der Waals surface area (Å²) in [5.41, 5.74) is 5.50. The quantitative estimate of drug-likeness (QED) is 0.497.